The highest BCUT2D eigenvalue weighted by molar-refractivity contribution is 7.13. The van der Waals surface area contributed by atoms with Gasteiger partial charge in [-0.3, -0.25) is 4.79 Å². The molecule has 0 aliphatic heterocycles. The zero-order valence-corrected chi connectivity index (χ0v) is 15.9. The average Bonchev–Trinajstić information content (AvgIpc) is 3.42. The van der Waals surface area contributed by atoms with E-state index in [-0.39, 0.29) is 5.91 Å². The second-order valence-electron chi connectivity index (χ2n) is 6.31. The summed E-state index contributed by atoms with van der Waals surface area (Å²) in [6, 6.07) is 19.3. The van der Waals surface area contributed by atoms with Crippen molar-refractivity contribution in [2.45, 2.75) is 13.5 Å². The van der Waals surface area contributed by atoms with E-state index in [9.17, 15) is 4.79 Å². The summed E-state index contributed by atoms with van der Waals surface area (Å²) >= 11 is 1.60. The SMILES string of the molecule is Cc1ccc(CN(C)C(=O)c2cc(-c3cccs3)nn2-c2ccccc2)o1. The van der Waals surface area contributed by atoms with Gasteiger partial charge in [0, 0.05) is 7.05 Å². The Kier molecular flexibility index (Phi) is 4.64. The van der Waals surface area contributed by atoms with Crippen LogP contribution in [0.25, 0.3) is 16.3 Å². The maximum absolute atomic E-state index is 13.2. The van der Waals surface area contributed by atoms with E-state index in [0.717, 1.165) is 27.8 Å². The molecule has 3 aromatic heterocycles. The zero-order valence-electron chi connectivity index (χ0n) is 15.1. The first kappa shape index (κ1) is 17.3. The summed E-state index contributed by atoms with van der Waals surface area (Å²) in [7, 11) is 1.77. The second-order valence-corrected chi connectivity index (χ2v) is 7.26. The molecule has 0 aliphatic rings. The molecule has 4 rings (SSSR count). The molecule has 1 amide bonds. The van der Waals surface area contributed by atoms with Crippen LogP contribution in [-0.4, -0.2) is 27.6 Å². The topological polar surface area (TPSA) is 51.3 Å². The van der Waals surface area contributed by atoms with Gasteiger partial charge in [0.25, 0.3) is 5.91 Å². The molecule has 0 atom stereocenters. The molecule has 0 N–H and O–H groups in total. The summed E-state index contributed by atoms with van der Waals surface area (Å²) in [6.07, 6.45) is 0. The molecule has 27 heavy (non-hydrogen) atoms. The van der Waals surface area contributed by atoms with Gasteiger partial charge in [-0.25, -0.2) is 4.68 Å². The number of amides is 1. The average molecular weight is 377 g/mol. The Morgan fingerprint density at radius 2 is 1.96 bits per heavy atom. The van der Waals surface area contributed by atoms with Crippen LogP contribution in [0.1, 0.15) is 22.0 Å². The van der Waals surface area contributed by atoms with Crippen molar-refractivity contribution < 1.29 is 9.21 Å². The van der Waals surface area contributed by atoms with Gasteiger partial charge < -0.3 is 9.32 Å². The summed E-state index contributed by atoms with van der Waals surface area (Å²) in [5.41, 5.74) is 2.17. The maximum Gasteiger partial charge on any atom is 0.272 e. The molecule has 0 saturated heterocycles. The molecule has 0 aliphatic carbocycles. The Labute approximate surface area is 161 Å². The number of aryl methyl sites for hydroxylation is 1. The van der Waals surface area contributed by atoms with Gasteiger partial charge in [-0.15, -0.1) is 11.3 Å². The number of furan rings is 1. The number of aromatic nitrogens is 2. The number of hydrogen-bond acceptors (Lipinski definition) is 4. The molecule has 3 heterocycles. The number of para-hydroxylation sites is 1. The lowest BCUT2D eigenvalue weighted by Gasteiger charge is -2.16. The van der Waals surface area contributed by atoms with Crippen LogP contribution in [0.3, 0.4) is 0 Å². The van der Waals surface area contributed by atoms with Gasteiger partial charge in [-0.2, -0.15) is 5.10 Å². The summed E-state index contributed by atoms with van der Waals surface area (Å²) in [5.74, 6) is 1.48. The number of hydrogen-bond donors (Lipinski definition) is 0. The highest BCUT2D eigenvalue weighted by Crippen LogP contribution is 2.26. The first-order chi connectivity index (χ1) is 13.1. The lowest BCUT2D eigenvalue weighted by atomic mass is 10.2. The van der Waals surface area contributed by atoms with Crippen LogP contribution in [0.5, 0.6) is 0 Å². The minimum absolute atomic E-state index is 0.108. The zero-order chi connectivity index (χ0) is 18.8. The van der Waals surface area contributed by atoms with Gasteiger partial charge in [0.2, 0.25) is 0 Å². The second kappa shape index (κ2) is 7.25. The van der Waals surface area contributed by atoms with Crippen molar-refractivity contribution >= 4 is 17.2 Å². The van der Waals surface area contributed by atoms with Crippen molar-refractivity contribution in [1.29, 1.82) is 0 Å². The Morgan fingerprint density at radius 1 is 1.15 bits per heavy atom. The summed E-state index contributed by atoms with van der Waals surface area (Å²) in [6.45, 7) is 2.30. The van der Waals surface area contributed by atoms with Gasteiger partial charge in [-0.05, 0) is 48.7 Å². The number of carbonyl (C=O) groups excluding carboxylic acids is 1. The van der Waals surface area contributed by atoms with Crippen LogP contribution in [0.4, 0.5) is 0 Å². The Hall–Kier alpha value is -3.12. The van der Waals surface area contributed by atoms with E-state index in [0.29, 0.717) is 12.2 Å². The summed E-state index contributed by atoms with van der Waals surface area (Å²) < 4.78 is 7.31. The number of rotatable bonds is 5. The third kappa shape index (κ3) is 3.57. The van der Waals surface area contributed by atoms with Crippen LogP contribution < -0.4 is 0 Å². The standard InChI is InChI=1S/C21H19N3O2S/c1-15-10-11-17(26-15)14-23(2)21(25)19-13-18(20-9-6-12-27-20)22-24(19)16-7-4-3-5-8-16/h3-13H,14H2,1-2H3. The lowest BCUT2D eigenvalue weighted by Crippen LogP contribution is -2.28. The van der Waals surface area contributed by atoms with E-state index in [4.69, 9.17) is 9.52 Å². The van der Waals surface area contributed by atoms with Crippen molar-refractivity contribution in [3.05, 3.63) is 83.3 Å². The number of nitrogens with zero attached hydrogens (tertiary/aromatic N) is 3. The van der Waals surface area contributed by atoms with Gasteiger partial charge in [0.05, 0.1) is 17.1 Å². The minimum atomic E-state index is -0.108. The van der Waals surface area contributed by atoms with Crippen LogP contribution in [0.15, 0.2) is 70.5 Å². The van der Waals surface area contributed by atoms with E-state index in [2.05, 4.69) is 0 Å². The van der Waals surface area contributed by atoms with Crippen molar-refractivity contribution in [3.63, 3.8) is 0 Å². The molecular weight excluding hydrogens is 358 g/mol. The van der Waals surface area contributed by atoms with E-state index in [1.807, 2.05) is 73.0 Å². The maximum atomic E-state index is 13.2. The van der Waals surface area contributed by atoms with Crippen molar-refractivity contribution in [3.8, 4) is 16.3 Å². The molecule has 136 valence electrons. The first-order valence-corrected chi connectivity index (χ1v) is 9.50. The fraction of sp³-hybridized carbons (Fsp3) is 0.143. The van der Waals surface area contributed by atoms with E-state index < -0.39 is 0 Å². The molecule has 5 nitrogen and oxygen atoms in total. The van der Waals surface area contributed by atoms with Crippen molar-refractivity contribution in [2.75, 3.05) is 7.05 Å². The van der Waals surface area contributed by atoms with Crippen LogP contribution in [0.2, 0.25) is 0 Å². The summed E-state index contributed by atoms with van der Waals surface area (Å²) in [4.78, 5) is 15.8. The predicted molar refractivity (Wildman–Crippen MR) is 106 cm³/mol. The van der Waals surface area contributed by atoms with Gasteiger partial charge >= 0.3 is 0 Å². The van der Waals surface area contributed by atoms with E-state index in [1.165, 1.54) is 0 Å². The fourth-order valence-corrected chi connectivity index (χ4v) is 3.60. The number of benzene rings is 1. The highest BCUT2D eigenvalue weighted by atomic mass is 32.1. The van der Waals surface area contributed by atoms with Crippen molar-refractivity contribution in [1.82, 2.24) is 14.7 Å². The predicted octanol–water partition coefficient (Wildman–Crippen LogP) is 4.77. The highest BCUT2D eigenvalue weighted by Gasteiger charge is 2.21. The summed E-state index contributed by atoms with van der Waals surface area (Å²) in [5, 5.41) is 6.70. The third-order valence-corrected chi connectivity index (χ3v) is 5.13. The lowest BCUT2D eigenvalue weighted by molar-refractivity contribution is 0.0766. The van der Waals surface area contributed by atoms with E-state index >= 15 is 0 Å². The van der Waals surface area contributed by atoms with Gasteiger partial charge in [-0.1, -0.05) is 24.3 Å². The molecule has 0 fully saturated rings. The molecule has 6 heteroatoms. The molecule has 0 saturated carbocycles. The largest absolute Gasteiger partial charge is 0.464 e. The first-order valence-electron chi connectivity index (χ1n) is 8.62. The van der Waals surface area contributed by atoms with Gasteiger partial charge in [0.1, 0.15) is 22.9 Å². The minimum Gasteiger partial charge on any atom is -0.464 e. The Morgan fingerprint density at radius 3 is 2.63 bits per heavy atom. The third-order valence-electron chi connectivity index (χ3n) is 4.24. The molecular formula is C21H19N3O2S. The number of thiophene rings is 1. The van der Waals surface area contributed by atoms with Gasteiger partial charge in [0.15, 0.2) is 0 Å². The molecule has 1 aromatic carbocycles. The van der Waals surface area contributed by atoms with Crippen molar-refractivity contribution in [2.24, 2.45) is 0 Å². The molecule has 0 radical (unpaired) electrons. The quantitative estimate of drug-likeness (QED) is 0.503. The normalized spacial score (nSPS) is 10.9. The van der Waals surface area contributed by atoms with Crippen LogP contribution in [-0.2, 0) is 6.54 Å². The molecule has 0 unspecified atom stereocenters. The molecule has 0 spiro atoms. The smallest absolute Gasteiger partial charge is 0.272 e. The fourth-order valence-electron chi connectivity index (χ4n) is 2.92. The van der Waals surface area contributed by atoms with Crippen LogP contribution in [0, 0.1) is 6.92 Å². The molecule has 4 aromatic rings. The molecule has 0 bridgehead atoms. The Balaban J connectivity index is 1.70. The monoisotopic (exact) mass is 377 g/mol. The Bertz CT molecular complexity index is 1050. The van der Waals surface area contributed by atoms with E-state index in [1.54, 1.807) is 28.0 Å². The van der Waals surface area contributed by atoms with Crippen LogP contribution >= 0.6 is 11.3 Å². The number of carbonyl (C=O) groups is 1.